The molecule has 1 amide bonds. The van der Waals surface area contributed by atoms with Crippen LogP contribution in [0.2, 0.25) is 0 Å². The van der Waals surface area contributed by atoms with Gasteiger partial charge in [0.15, 0.2) is 0 Å². The van der Waals surface area contributed by atoms with Crippen molar-refractivity contribution in [1.29, 1.82) is 0 Å². The van der Waals surface area contributed by atoms with Crippen molar-refractivity contribution in [3.63, 3.8) is 0 Å². The number of carbonyl (C=O) groups excluding carboxylic acids is 1. The number of nitrogens with one attached hydrogen (secondary N) is 2. The van der Waals surface area contributed by atoms with Gasteiger partial charge in [0.05, 0.1) is 0 Å². The number of anilines is 1. The number of amides is 1. The van der Waals surface area contributed by atoms with E-state index in [-0.39, 0.29) is 5.91 Å². The van der Waals surface area contributed by atoms with Crippen molar-refractivity contribution in [2.24, 2.45) is 0 Å². The Bertz CT molecular complexity index is 452. The van der Waals surface area contributed by atoms with Gasteiger partial charge in [0.2, 0.25) is 5.95 Å². The van der Waals surface area contributed by atoms with Gasteiger partial charge in [-0.15, -0.1) is 0 Å². The molecule has 17 heavy (non-hydrogen) atoms. The molecule has 5 nitrogen and oxygen atoms in total. The van der Waals surface area contributed by atoms with E-state index in [1.54, 1.807) is 6.07 Å². The largest absolute Gasteiger partial charge is 0.351 e. The number of hydrogen-bond donors (Lipinski definition) is 2. The fourth-order valence-corrected chi connectivity index (χ4v) is 1.65. The van der Waals surface area contributed by atoms with E-state index < -0.39 is 0 Å². The molecule has 90 valence electrons. The lowest BCUT2D eigenvalue weighted by molar-refractivity contribution is 0.0946. The summed E-state index contributed by atoms with van der Waals surface area (Å²) in [6.07, 6.45) is 4.51. The van der Waals surface area contributed by atoms with Gasteiger partial charge in [-0.3, -0.25) is 4.79 Å². The summed E-state index contributed by atoms with van der Waals surface area (Å²) >= 11 is 0. The fraction of sp³-hybridized carbons (Fsp3) is 0.583. The van der Waals surface area contributed by atoms with Gasteiger partial charge in [-0.2, -0.15) is 0 Å². The Labute approximate surface area is 100 Å². The normalized spacial score (nSPS) is 18.9. The van der Waals surface area contributed by atoms with E-state index in [0.717, 1.165) is 18.5 Å². The van der Waals surface area contributed by atoms with Gasteiger partial charge in [0.25, 0.3) is 5.91 Å². The molecule has 2 saturated carbocycles. The Morgan fingerprint density at radius 2 is 1.94 bits per heavy atom. The average molecular weight is 232 g/mol. The fourth-order valence-electron chi connectivity index (χ4n) is 1.65. The summed E-state index contributed by atoms with van der Waals surface area (Å²) in [7, 11) is 0. The monoisotopic (exact) mass is 232 g/mol. The van der Waals surface area contributed by atoms with E-state index in [1.807, 2.05) is 6.92 Å². The number of aromatic nitrogens is 2. The zero-order valence-corrected chi connectivity index (χ0v) is 9.86. The van der Waals surface area contributed by atoms with Crippen LogP contribution in [0.15, 0.2) is 6.07 Å². The van der Waals surface area contributed by atoms with Gasteiger partial charge in [-0.05, 0) is 38.7 Å². The van der Waals surface area contributed by atoms with Crippen molar-refractivity contribution >= 4 is 11.9 Å². The van der Waals surface area contributed by atoms with Crippen molar-refractivity contribution in [1.82, 2.24) is 15.3 Å². The van der Waals surface area contributed by atoms with Crippen LogP contribution >= 0.6 is 0 Å². The highest BCUT2D eigenvalue weighted by Gasteiger charge is 2.25. The summed E-state index contributed by atoms with van der Waals surface area (Å²) in [6.45, 7) is 1.88. The first-order valence-electron chi connectivity index (χ1n) is 6.14. The molecule has 2 aliphatic rings. The zero-order chi connectivity index (χ0) is 11.8. The number of nitrogens with zero attached hydrogens (tertiary/aromatic N) is 2. The lowest BCUT2D eigenvalue weighted by atomic mass is 10.3. The summed E-state index contributed by atoms with van der Waals surface area (Å²) in [5.74, 6) is 0.491. The van der Waals surface area contributed by atoms with Gasteiger partial charge in [-0.1, -0.05) is 0 Å². The SMILES string of the molecule is Cc1cc(C(=O)NC2CC2)nc(NC2CC2)n1. The topological polar surface area (TPSA) is 66.9 Å². The molecule has 1 aromatic rings. The highest BCUT2D eigenvalue weighted by Crippen LogP contribution is 2.23. The maximum absolute atomic E-state index is 11.9. The minimum absolute atomic E-state index is 0.0863. The molecule has 0 aromatic carbocycles. The minimum Gasteiger partial charge on any atom is -0.351 e. The maximum Gasteiger partial charge on any atom is 0.270 e. The third kappa shape index (κ3) is 2.72. The Morgan fingerprint density at radius 3 is 2.59 bits per heavy atom. The summed E-state index contributed by atoms with van der Waals surface area (Å²) in [5.41, 5.74) is 1.29. The minimum atomic E-state index is -0.0863. The van der Waals surface area contributed by atoms with Crippen LogP contribution in [0.3, 0.4) is 0 Å². The third-order valence-electron chi connectivity index (χ3n) is 2.91. The number of aryl methyl sites for hydroxylation is 1. The molecule has 1 heterocycles. The van der Waals surface area contributed by atoms with Crippen LogP contribution < -0.4 is 10.6 Å². The van der Waals surface area contributed by atoms with Gasteiger partial charge in [0, 0.05) is 17.8 Å². The zero-order valence-electron chi connectivity index (χ0n) is 9.86. The Balaban J connectivity index is 1.76. The molecule has 0 unspecified atom stereocenters. The summed E-state index contributed by atoms with van der Waals surface area (Å²) in [4.78, 5) is 20.4. The quantitative estimate of drug-likeness (QED) is 0.820. The van der Waals surface area contributed by atoms with Crippen molar-refractivity contribution in [3.8, 4) is 0 Å². The van der Waals surface area contributed by atoms with Gasteiger partial charge < -0.3 is 10.6 Å². The molecule has 3 rings (SSSR count). The molecule has 0 atom stereocenters. The molecular formula is C12H16N4O. The highest BCUT2D eigenvalue weighted by atomic mass is 16.2. The molecule has 2 fully saturated rings. The van der Waals surface area contributed by atoms with Crippen LogP contribution in [0.5, 0.6) is 0 Å². The molecule has 0 spiro atoms. The average Bonchev–Trinajstić information content (AvgIpc) is 3.12. The molecule has 0 saturated heterocycles. The van der Waals surface area contributed by atoms with E-state index in [9.17, 15) is 4.79 Å². The van der Waals surface area contributed by atoms with Crippen molar-refractivity contribution < 1.29 is 4.79 Å². The Hall–Kier alpha value is -1.65. The van der Waals surface area contributed by atoms with Crippen LogP contribution in [0.4, 0.5) is 5.95 Å². The van der Waals surface area contributed by atoms with Crippen LogP contribution in [-0.4, -0.2) is 28.0 Å². The van der Waals surface area contributed by atoms with Crippen LogP contribution in [0.25, 0.3) is 0 Å². The molecule has 5 heteroatoms. The van der Waals surface area contributed by atoms with Crippen LogP contribution in [0, 0.1) is 6.92 Å². The third-order valence-corrected chi connectivity index (χ3v) is 2.91. The Morgan fingerprint density at radius 1 is 1.24 bits per heavy atom. The van der Waals surface area contributed by atoms with Crippen molar-refractivity contribution in [3.05, 3.63) is 17.5 Å². The van der Waals surface area contributed by atoms with Crippen LogP contribution in [-0.2, 0) is 0 Å². The predicted molar refractivity (Wildman–Crippen MR) is 63.9 cm³/mol. The van der Waals surface area contributed by atoms with Gasteiger partial charge in [0.1, 0.15) is 5.69 Å². The lowest BCUT2D eigenvalue weighted by Crippen LogP contribution is -2.27. The molecule has 2 aliphatic carbocycles. The summed E-state index contributed by atoms with van der Waals surface area (Å²) in [6, 6.07) is 2.59. The Kier molecular flexibility index (Phi) is 2.46. The first kappa shape index (κ1) is 10.5. The highest BCUT2D eigenvalue weighted by molar-refractivity contribution is 5.93. The van der Waals surface area contributed by atoms with Gasteiger partial charge >= 0.3 is 0 Å². The van der Waals surface area contributed by atoms with Gasteiger partial charge in [-0.25, -0.2) is 9.97 Å². The molecule has 1 aromatic heterocycles. The second-order valence-electron chi connectivity index (χ2n) is 4.88. The first-order valence-corrected chi connectivity index (χ1v) is 6.14. The van der Waals surface area contributed by atoms with E-state index in [2.05, 4.69) is 20.6 Å². The number of carbonyl (C=O) groups is 1. The van der Waals surface area contributed by atoms with E-state index in [4.69, 9.17) is 0 Å². The van der Waals surface area contributed by atoms with E-state index >= 15 is 0 Å². The smallest absolute Gasteiger partial charge is 0.270 e. The first-order chi connectivity index (χ1) is 8.20. The lowest BCUT2D eigenvalue weighted by Gasteiger charge is -2.07. The van der Waals surface area contributed by atoms with Crippen LogP contribution in [0.1, 0.15) is 41.9 Å². The van der Waals surface area contributed by atoms with Crippen molar-refractivity contribution in [2.45, 2.75) is 44.7 Å². The number of hydrogen-bond acceptors (Lipinski definition) is 4. The predicted octanol–water partition coefficient (Wildman–Crippen LogP) is 1.25. The summed E-state index contributed by atoms with van der Waals surface area (Å²) in [5, 5.41) is 6.16. The number of rotatable bonds is 4. The van der Waals surface area contributed by atoms with E-state index in [0.29, 0.717) is 23.7 Å². The molecule has 0 radical (unpaired) electrons. The second kappa shape index (κ2) is 3.98. The maximum atomic E-state index is 11.9. The second-order valence-corrected chi connectivity index (χ2v) is 4.88. The molecular weight excluding hydrogens is 216 g/mol. The molecule has 0 aliphatic heterocycles. The van der Waals surface area contributed by atoms with E-state index in [1.165, 1.54) is 12.8 Å². The van der Waals surface area contributed by atoms with Crippen molar-refractivity contribution in [2.75, 3.05) is 5.32 Å². The molecule has 2 N–H and O–H groups in total. The summed E-state index contributed by atoms with van der Waals surface area (Å²) < 4.78 is 0. The molecule has 0 bridgehead atoms. The standard InChI is InChI=1S/C12H16N4O/c1-7-6-10(11(17)14-8-2-3-8)16-12(13-7)15-9-4-5-9/h6,8-9H,2-5H2,1H3,(H,14,17)(H,13,15,16).